The summed E-state index contributed by atoms with van der Waals surface area (Å²) in [5.74, 6) is 1.35. The van der Waals surface area contributed by atoms with Crippen LogP contribution < -0.4 is 4.74 Å². The first-order valence-corrected chi connectivity index (χ1v) is 5.42. The molecule has 2 aromatic carbocycles. The maximum Gasteiger partial charge on any atom is 0.128 e. The smallest absolute Gasteiger partial charge is 0.128 e. The van der Waals surface area contributed by atoms with Crippen LogP contribution in [-0.2, 0) is 0 Å². The molecule has 83 valence electrons. The Kier molecular flexibility index (Phi) is 3.64. The molecule has 0 saturated carbocycles. The van der Waals surface area contributed by atoms with E-state index in [1.54, 1.807) is 18.2 Å². The fourth-order valence-corrected chi connectivity index (χ4v) is 1.59. The molecule has 0 spiro atoms. The monoisotopic (exact) mass is 242 g/mol. The van der Waals surface area contributed by atoms with Crippen molar-refractivity contribution in [1.29, 1.82) is 5.26 Å². The second-order valence-corrected chi connectivity index (χ2v) is 3.84. The van der Waals surface area contributed by atoms with Gasteiger partial charge in [-0.05, 0) is 35.9 Å². The SMILES string of the molecule is N#C[CH]c1cccc(Oc2cccc(Cl)c2)c1. The summed E-state index contributed by atoms with van der Waals surface area (Å²) in [5.41, 5.74) is 0.812. The van der Waals surface area contributed by atoms with Crippen molar-refractivity contribution in [1.82, 2.24) is 0 Å². The van der Waals surface area contributed by atoms with Crippen LogP contribution in [0.5, 0.6) is 11.5 Å². The Balaban J connectivity index is 2.19. The van der Waals surface area contributed by atoms with Gasteiger partial charge in [-0.15, -0.1) is 0 Å². The van der Waals surface area contributed by atoms with Gasteiger partial charge < -0.3 is 4.74 Å². The van der Waals surface area contributed by atoms with Gasteiger partial charge in [-0.1, -0.05) is 29.8 Å². The zero-order valence-electron chi connectivity index (χ0n) is 8.93. The van der Waals surface area contributed by atoms with Crippen LogP contribution >= 0.6 is 11.6 Å². The number of ether oxygens (including phenoxy) is 1. The number of hydrogen-bond acceptors (Lipinski definition) is 2. The summed E-state index contributed by atoms with van der Waals surface area (Å²) in [6, 6.07) is 16.5. The van der Waals surface area contributed by atoms with Crippen LogP contribution in [0.4, 0.5) is 0 Å². The van der Waals surface area contributed by atoms with Crippen LogP contribution in [0.1, 0.15) is 5.56 Å². The van der Waals surface area contributed by atoms with Gasteiger partial charge >= 0.3 is 0 Å². The topological polar surface area (TPSA) is 33.0 Å². The molecule has 0 aliphatic rings. The van der Waals surface area contributed by atoms with Gasteiger partial charge in [0.2, 0.25) is 0 Å². The van der Waals surface area contributed by atoms with E-state index in [9.17, 15) is 0 Å². The van der Waals surface area contributed by atoms with E-state index in [1.165, 1.54) is 6.42 Å². The molecule has 0 amide bonds. The third-order valence-electron chi connectivity index (χ3n) is 2.12. The Morgan fingerprint density at radius 1 is 1.06 bits per heavy atom. The molecule has 2 nitrogen and oxygen atoms in total. The Morgan fingerprint density at radius 3 is 2.47 bits per heavy atom. The van der Waals surface area contributed by atoms with Crippen LogP contribution in [0.15, 0.2) is 48.5 Å². The summed E-state index contributed by atoms with van der Waals surface area (Å²) in [5, 5.41) is 9.20. The van der Waals surface area contributed by atoms with E-state index in [-0.39, 0.29) is 0 Å². The molecular formula is C14H9ClNO. The van der Waals surface area contributed by atoms with Crippen molar-refractivity contribution in [2.75, 3.05) is 0 Å². The summed E-state index contributed by atoms with van der Waals surface area (Å²) in [7, 11) is 0. The number of halogens is 1. The van der Waals surface area contributed by atoms with Crippen LogP contribution in [0, 0.1) is 17.8 Å². The molecule has 2 rings (SSSR count). The Labute approximate surface area is 105 Å². The van der Waals surface area contributed by atoms with Crippen LogP contribution in [0.25, 0.3) is 0 Å². The number of nitrogens with zero attached hydrogens (tertiary/aromatic N) is 1. The predicted molar refractivity (Wildman–Crippen MR) is 67.0 cm³/mol. The largest absolute Gasteiger partial charge is 0.457 e. The molecule has 3 heteroatoms. The van der Waals surface area contributed by atoms with Crippen molar-refractivity contribution in [2.24, 2.45) is 0 Å². The molecule has 0 saturated heterocycles. The van der Waals surface area contributed by atoms with Crippen LogP contribution in [-0.4, -0.2) is 0 Å². The highest BCUT2D eigenvalue weighted by molar-refractivity contribution is 6.30. The number of hydrogen-bond donors (Lipinski definition) is 0. The molecule has 17 heavy (non-hydrogen) atoms. The van der Waals surface area contributed by atoms with E-state index >= 15 is 0 Å². The molecule has 0 N–H and O–H groups in total. The molecule has 0 aliphatic carbocycles. The van der Waals surface area contributed by atoms with Crippen molar-refractivity contribution < 1.29 is 4.74 Å². The molecule has 0 unspecified atom stereocenters. The molecule has 0 fully saturated rings. The van der Waals surface area contributed by atoms with Gasteiger partial charge in [-0.3, -0.25) is 0 Å². The van der Waals surface area contributed by atoms with E-state index < -0.39 is 0 Å². The van der Waals surface area contributed by atoms with Crippen molar-refractivity contribution >= 4 is 11.6 Å². The molecule has 0 heterocycles. The lowest BCUT2D eigenvalue weighted by Gasteiger charge is -2.06. The zero-order chi connectivity index (χ0) is 12.1. The van der Waals surface area contributed by atoms with Crippen LogP contribution in [0.2, 0.25) is 5.02 Å². The fourth-order valence-electron chi connectivity index (χ4n) is 1.41. The minimum absolute atomic E-state index is 0.627. The number of benzene rings is 2. The van der Waals surface area contributed by atoms with Gasteiger partial charge in [0, 0.05) is 5.02 Å². The highest BCUT2D eigenvalue weighted by atomic mass is 35.5. The van der Waals surface area contributed by atoms with E-state index in [2.05, 4.69) is 0 Å². The average molecular weight is 243 g/mol. The van der Waals surface area contributed by atoms with Crippen molar-refractivity contribution in [3.8, 4) is 17.6 Å². The summed E-state index contributed by atoms with van der Waals surface area (Å²) >= 11 is 5.86. The average Bonchev–Trinajstić information content (AvgIpc) is 2.30. The Bertz CT molecular complexity index is 560. The van der Waals surface area contributed by atoms with Gasteiger partial charge in [0.05, 0.1) is 12.5 Å². The van der Waals surface area contributed by atoms with Gasteiger partial charge in [0.1, 0.15) is 11.5 Å². The van der Waals surface area contributed by atoms with Crippen LogP contribution in [0.3, 0.4) is 0 Å². The van der Waals surface area contributed by atoms with Crippen molar-refractivity contribution in [3.63, 3.8) is 0 Å². The zero-order valence-corrected chi connectivity index (χ0v) is 9.69. The highest BCUT2D eigenvalue weighted by Gasteiger charge is 1.99. The fraction of sp³-hybridized carbons (Fsp3) is 0. The van der Waals surface area contributed by atoms with E-state index in [0.29, 0.717) is 16.5 Å². The summed E-state index contributed by atoms with van der Waals surface area (Å²) in [6.45, 7) is 0. The maximum absolute atomic E-state index is 8.57. The third-order valence-corrected chi connectivity index (χ3v) is 2.36. The van der Waals surface area contributed by atoms with E-state index in [4.69, 9.17) is 21.6 Å². The molecule has 0 aliphatic heterocycles. The first kappa shape index (κ1) is 11.5. The van der Waals surface area contributed by atoms with Gasteiger partial charge in [0.15, 0.2) is 0 Å². The second-order valence-electron chi connectivity index (χ2n) is 3.41. The normalized spacial score (nSPS) is 9.65. The van der Waals surface area contributed by atoms with Crippen molar-refractivity contribution in [3.05, 3.63) is 65.5 Å². The Hall–Kier alpha value is -1.98. The van der Waals surface area contributed by atoms with Gasteiger partial charge in [-0.2, -0.15) is 5.26 Å². The summed E-state index contributed by atoms with van der Waals surface area (Å²) in [6.07, 6.45) is 1.46. The number of nitriles is 1. The predicted octanol–water partition coefficient (Wildman–Crippen LogP) is 4.21. The van der Waals surface area contributed by atoms with E-state index in [1.807, 2.05) is 36.4 Å². The molecule has 1 radical (unpaired) electrons. The first-order chi connectivity index (χ1) is 8.28. The molecule has 2 aromatic rings. The minimum atomic E-state index is 0.627. The standard InChI is InChI=1S/C14H9ClNO/c15-12-4-2-6-14(10-12)17-13-5-1-3-11(9-13)7-8-16/h1-7,9-10H. The molecular weight excluding hydrogens is 234 g/mol. The van der Waals surface area contributed by atoms with Gasteiger partial charge in [0.25, 0.3) is 0 Å². The molecule has 0 aromatic heterocycles. The lowest BCUT2D eigenvalue weighted by atomic mass is 10.1. The lowest BCUT2D eigenvalue weighted by molar-refractivity contribution is 0.482. The summed E-state index contributed by atoms with van der Waals surface area (Å²) in [4.78, 5) is 0. The lowest BCUT2D eigenvalue weighted by Crippen LogP contribution is -1.85. The van der Waals surface area contributed by atoms with Gasteiger partial charge in [-0.25, -0.2) is 0 Å². The number of rotatable bonds is 3. The third kappa shape index (κ3) is 3.24. The maximum atomic E-state index is 8.57. The quantitative estimate of drug-likeness (QED) is 0.808. The first-order valence-electron chi connectivity index (χ1n) is 5.04. The molecule has 0 atom stereocenters. The minimum Gasteiger partial charge on any atom is -0.457 e. The molecule has 0 bridgehead atoms. The second kappa shape index (κ2) is 5.38. The van der Waals surface area contributed by atoms with Crippen molar-refractivity contribution in [2.45, 2.75) is 0 Å². The van der Waals surface area contributed by atoms with E-state index in [0.717, 1.165) is 5.56 Å². The highest BCUT2D eigenvalue weighted by Crippen LogP contribution is 2.24. The Morgan fingerprint density at radius 2 is 1.76 bits per heavy atom. The summed E-state index contributed by atoms with van der Waals surface area (Å²) < 4.78 is 5.63.